The summed E-state index contributed by atoms with van der Waals surface area (Å²) in [5, 5.41) is 4.34. The molecule has 1 aromatic heterocycles. The molecule has 4 nitrogen and oxygen atoms in total. The third kappa shape index (κ3) is 3.42. The molecule has 0 aliphatic carbocycles. The smallest absolute Gasteiger partial charge is 0.263 e. The van der Waals surface area contributed by atoms with Crippen LogP contribution in [0.5, 0.6) is 0 Å². The molecule has 0 unspecified atom stereocenters. The van der Waals surface area contributed by atoms with Crippen LogP contribution in [-0.4, -0.2) is 26.2 Å². The maximum Gasteiger partial charge on any atom is 0.263 e. The molecule has 2 aromatic rings. The highest BCUT2D eigenvalue weighted by atomic mass is 35.5. The van der Waals surface area contributed by atoms with Crippen molar-refractivity contribution >= 4 is 44.6 Å². The van der Waals surface area contributed by atoms with Gasteiger partial charge in [0.05, 0.1) is 5.69 Å². The Morgan fingerprint density at radius 3 is 3.00 bits per heavy atom. The SMILES string of the molecule is COCCCCNC(=O)c1sc2ccc(Cl)cc2c1N. The molecular formula is C14H17ClN2O2S. The normalized spacial score (nSPS) is 10.9. The van der Waals surface area contributed by atoms with Crippen molar-refractivity contribution in [1.29, 1.82) is 0 Å². The first kappa shape index (κ1) is 15.1. The summed E-state index contributed by atoms with van der Waals surface area (Å²) in [7, 11) is 1.67. The van der Waals surface area contributed by atoms with E-state index in [1.54, 1.807) is 19.2 Å². The average Bonchev–Trinajstić information content (AvgIpc) is 2.76. The lowest BCUT2D eigenvalue weighted by Crippen LogP contribution is -2.24. The summed E-state index contributed by atoms with van der Waals surface area (Å²) >= 11 is 7.34. The number of hydrogen-bond donors (Lipinski definition) is 2. The molecule has 1 amide bonds. The van der Waals surface area contributed by atoms with Crippen molar-refractivity contribution in [3.8, 4) is 0 Å². The number of benzene rings is 1. The van der Waals surface area contributed by atoms with Gasteiger partial charge in [-0.2, -0.15) is 0 Å². The number of thiophene rings is 1. The minimum absolute atomic E-state index is 0.128. The van der Waals surface area contributed by atoms with E-state index in [1.807, 2.05) is 6.07 Å². The monoisotopic (exact) mass is 312 g/mol. The zero-order chi connectivity index (χ0) is 14.5. The molecule has 3 N–H and O–H groups in total. The number of nitrogens with one attached hydrogen (secondary N) is 1. The second kappa shape index (κ2) is 6.92. The first-order valence-corrected chi connectivity index (χ1v) is 7.57. The molecule has 0 saturated carbocycles. The van der Waals surface area contributed by atoms with Crippen LogP contribution in [0.25, 0.3) is 10.1 Å². The summed E-state index contributed by atoms with van der Waals surface area (Å²) < 4.78 is 5.93. The number of nitrogens with two attached hydrogens (primary N) is 1. The summed E-state index contributed by atoms with van der Waals surface area (Å²) in [4.78, 5) is 12.7. The predicted molar refractivity (Wildman–Crippen MR) is 84.7 cm³/mol. The number of methoxy groups -OCH3 is 1. The van der Waals surface area contributed by atoms with Gasteiger partial charge in [0, 0.05) is 35.4 Å². The first-order chi connectivity index (χ1) is 9.63. The number of anilines is 1. The molecule has 0 spiro atoms. The molecule has 0 bridgehead atoms. The van der Waals surface area contributed by atoms with E-state index >= 15 is 0 Å². The molecule has 0 aliphatic heterocycles. The van der Waals surface area contributed by atoms with Gasteiger partial charge in [0.25, 0.3) is 5.91 Å². The van der Waals surface area contributed by atoms with Gasteiger partial charge in [-0.3, -0.25) is 4.79 Å². The number of carbonyl (C=O) groups is 1. The molecule has 0 radical (unpaired) electrons. The van der Waals surface area contributed by atoms with Crippen LogP contribution < -0.4 is 11.1 Å². The van der Waals surface area contributed by atoms with Gasteiger partial charge in [-0.25, -0.2) is 0 Å². The number of nitrogen functional groups attached to an aromatic ring is 1. The maximum atomic E-state index is 12.1. The fraction of sp³-hybridized carbons (Fsp3) is 0.357. The molecule has 0 atom stereocenters. The Labute approximate surface area is 126 Å². The lowest BCUT2D eigenvalue weighted by atomic mass is 10.2. The quantitative estimate of drug-likeness (QED) is 0.804. The topological polar surface area (TPSA) is 64.3 Å². The number of rotatable bonds is 6. The van der Waals surface area contributed by atoms with Crippen molar-refractivity contribution in [2.75, 3.05) is 26.0 Å². The van der Waals surface area contributed by atoms with Crippen molar-refractivity contribution < 1.29 is 9.53 Å². The number of halogens is 1. The van der Waals surface area contributed by atoms with Gasteiger partial charge in [0.2, 0.25) is 0 Å². The molecule has 0 fully saturated rings. The Kier molecular flexibility index (Phi) is 5.23. The second-order valence-corrected chi connectivity index (χ2v) is 5.93. The lowest BCUT2D eigenvalue weighted by molar-refractivity contribution is 0.0956. The van der Waals surface area contributed by atoms with Gasteiger partial charge in [0.15, 0.2) is 0 Å². The Bertz CT molecular complexity index is 612. The summed E-state index contributed by atoms with van der Waals surface area (Å²) in [6, 6.07) is 5.47. The summed E-state index contributed by atoms with van der Waals surface area (Å²) in [6.07, 6.45) is 1.81. The molecule has 0 aliphatic rings. The van der Waals surface area contributed by atoms with Gasteiger partial charge >= 0.3 is 0 Å². The number of unbranched alkanes of at least 4 members (excludes halogenated alkanes) is 1. The number of amides is 1. The van der Waals surface area contributed by atoms with Gasteiger partial charge < -0.3 is 15.8 Å². The van der Waals surface area contributed by atoms with Crippen LogP contribution in [0.15, 0.2) is 18.2 Å². The minimum atomic E-state index is -0.128. The maximum absolute atomic E-state index is 12.1. The van der Waals surface area contributed by atoms with Crippen molar-refractivity contribution in [3.63, 3.8) is 0 Å². The molecule has 1 aromatic carbocycles. The average molecular weight is 313 g/mol. The van der Waals surface area contributed by atoms with Crippen LogP contribution in [0.3, 0.4) is 0 Å². The van der Waals surface area contributed by atoms with Crippen LogP contribution in [0.2, 0.25) is 5.02 Å². The van der Waals surface area contributed by atoms with E-state index in [2.05, 4.69) is 5.32 Å². The van der Waals surface area contributed by atoms with Crippen LogP contribution in [-0.2, 0) is 4.74 Å². The summed E-state index contributed by atoms with van der Waals surface area (Å²) in [6.45, 7) is 1.33. The van der Waals surface area contributed by atoms with Gasteiger partial charge in [0.1, 0.15) is 4.88 Å². The Hall–Kier alpha value is -1.30. The van der Waals surface area contributed by atoms with E-state index in [0.29, 0.717) is 28.7 Å². The molecular weight excluding hydrogens is 296 g/mol. The standard InChI is InChI=1S/C14H17ClN2O2S/c1-19-7-3-2-6-17-14(18)13-12(16)10-8-9(15)4-5-11(10)20-13/h4-5,8H,2-3,6-7,16H2,1H3,(H,17,18). The van der Waals surface area contributed by atoms with Crippen molar-refractivity contribution in [1.82, 2.24) is 5.32 Å². The Balaban J connectivity index is 2.05. The van der Waals surface area contributed by atoms with Crippen LogP contribution >= 0.6 is 22.9 Å². The fourth-order valence-corrected chi connectivity index (χ4v) is 3.10. The zero-order valence-electron chi connectivity index (χ0n) is 11.2. The third-order valence-corrected chi connectivity index (χ3v) is 4.38. The van der Waals surface area contributed by atoms with Crippen LogP contribution in [0.4, 0.5) is 5.69 Å². The number of fused-ring (bicyclic) bond motifs is 1. The summed E-state index contributed by atoms with van der Waals surface area (Å²) in [5.74, 6) is -0.128. The van der Waals surface area contributed by atoms with E-state index in [0.717, 1.165) is 22.9 Å². The van der Waals surface area contributed by atoms with Crippen molar-refractivity contribution in [2.45, 2.75) is 12.8 Å². The predicted octanol–water partition coefficient (Wildman–Crippen LogP) is 3.29. The van der Waals surface area contributed by atoms with E-state index in [1.165, 1.54) is 11.3 Å². The van der Waals surface area contributed by atoms with Crippen molar-refractivity contribution in [2.24, 2.45) is 0 Å². The minimum Gasteiger partial charge on any atom is -0.397 e. The highest BCUT2D eigenvalue weighted by Crippen LogP contribution is 2.35. The number of carbonyl (C=O) groups excluding carboxylic acids is 1. The Morgan fingerprint density at radius 2 is 2.25 bits per heavy atom. The number of hydrogen-bond acceptors (Lipinski definition) is 4. The largest absolute Gasteiger partial charge is 0.397 e. The second-order valence-electron chi connectivity index (χ2n) is 4.44. The van der Waals surface area contributed by atoms with E-state index in [4.69, 9.17) is 22.1 Å². The fourth-order valence-electron chi connectivity index (χ4n) is 1.91. The van der Waals surface area contributed by atoms with Gasteiger partial charge in [-0.05, 0) is 31.0 Å². The van der Waals surface area contributed by atoms with E-state index in [-0.39, 0.29) is 5.91 Å². The third-order valence-electron chi connectivity index (χ3n) is 2.96. The molecule has 6 heteroatoms. The molecule has 108 valence electrons. The zero-order valence-corrected chi connectivity index (χ0v) is 12.8. The molecule has 2 rings (SSSR count). The Morgan fingerprint density at radius 1 is 1.45 bits per heavy atom. The van der Waals surface area contributed by atoms with Crippen LogP contribution in [0.1, 0.15) is 22.5 Å². The molecule has 1 heterocycles. The van der Waals surface area contributed by atoms with Crippen molar-refractivity contribution in [3.05, 3.63) is 28.1 Å². The number of ether oxygens (including phenoxy) is 1. The first-order valence-electron chi connectivity index (χ1n) is 6.38. The lowest BCUT2D eigenvalue weighted by Gasteiger charge is -2.04. The van der Waals surface area contributed by atoms with E-state index in [9.17, 15) is 4.79 Å². The highest BCUT2D eigenvalue weighted by molar-refractivity contribution is 7.21. The molecule has 20 heavy (non-hydrogen) atoms. The summed E-state index contributed by atoms with van der Waals surface area (Å²) in [5.41, 5.74) is 6.53. The van der Waals surface area contributed by atoms with Crippen LogP contribution in [0, 0.1) is 0 Å². The molecule has 0 saturated heterocycles. The van der Waals surface area contributed by atoms with Gasteiger partial charge in [-0.15, -0.1) is 11.3 Å². The van der Waals surface area contributed by atoms with E-state index < -0.39 is 0 Å². The van der Waals surface area contributed by atoms with Gasteiger partial charge in [-0.1, -0.05) is 11.6 Å². The highest BCUT2D eigenvalue weighted by Gasteiger charge is 2.16.